The molecule has 4 heteroatoms. The van der Waals surface area contributed by atoms with Gasteiger partial charge in [0.15, 0.2) is 0 Å². The molecule has 3 atom stereocenters. The highest BCUT2D eigenvalue weighted by molar-refractivity contribution is 5.81. The normalized spacial score (nSPS) is 26.1. The molecule has 1 amide bonds. The van der Waals surface area contributed by atoms with E-state index in [-0.39, 0.29) is 11.9 Å². The minimum Gasteiger partial charge on any atom is -0.358 e. The van der Waals surface area contributed by atoms with Crippen molar-refractivity contribution in [2.24, 2.45) is 17.6 Å². The van der Waals surface area contributed by atoms with E-state index in [4.69, 9.17) is 5.73 Å². The van der Waals surface area contributed by atoms with Crippen molar-refractivity contribution < 1.29 is 4.79 Å². The second-order valence-corrected chi connectivity index (χ2v) is 5.85. The SMILES string of the molecule is CNC(=O)C(CC(C)C)NC1CCCCC1CN. The highest BCUT2D eigenvalue weighted by Gasteiger charge is 2.28. The van der Waals surface area contributed by atoms with Gasteiger partial charge in [-0.25, -0.2) is 0 Å². The summed E-state index contributed by atoms with van der Waals surface area (Å²) in [6, 6.07) is 0.331. The molecule has 3 unspecified atom stereocenters. The van der Waals surface area contributed by atoms with Crippen LogP contribution in [0.5, 0.6) is 0 Å². The number of carbonyl (C=O) groups is 1. The molecule has 4 nitrogen and oxygen atoms in total. The van der Waals surface area contributed by atoms with E-state index in [0.717, 1.165) is 19.4 Å². The predicted molar refractivity (Wildman–Crippen MR) is 75.2 cm³/mol. The third kappa shape index (κ3) is 4.58. The maximum Gasteiger partial charge on any atom is 0.236 e. The smallest absolute Gasteiger partial charge is 0.236 e. The molecule has 4 N–H and O–H groups in total. The largest absolute Gasteiger partial charge is 0.358 e. The van der Waals surface area contributed by atoms with Crippen molar-refractivity contribution >= 4 is 5.91 Å². The Balaban J connectivity index is 2.59. The molecule has 0 aromatic heterocycles. The quantitative estimate of drug-likeness (QED) is 0.669. The predicted octanol–water partition coefficient (Wildman–Crippen LogP) is 1.25. The second-order valence-electron chi connectivity index (χ2n) is 5.85. The molecule has 1 rings (SSSR count). The van der Waals surface area contributed by atoms with Crippen molar-refractivity contribution in [3.05, 3.63) is 0 Å². The Kier molecular flexibility index (Phi) is 6.65. The number of rotatable bonds is 6. The first kappa shape index (κ1) is 15.4. The summed E-state index contributed by atoms with van der Waals surface area (Å²) < 4.78 is 0. The van der Waals surface area contributed by atoms with E-state index >= 15 is 0 Å². The molecule has 1 fully saturated rings. The Morgan fingerprint density at radius 1 is 1.33 bits per heavy atom. The van der Waals surface area contributed by atoms with E-state index in [0.29, 0.717) is 17.9 Å². The standard InChI is InChI=1S/C14H29N3O/c1-10(2)8-13(14(18)16-3)17-12-7-5-4-6-11(12)9-15/h10-13,17H,4-9,15H2,1-3H3,(H,16,18). The van der Waals surface area contributed by atoms with Gasteiger partial charge in [-0.1, -0.05) is 26.7 Å². The van der Waals surface area contributed by atoms with Crippen molar-refractivity contribution in [2.75, 3.05) is 13.6 Å². The number of hydrogen-bond donors (Lipinski definition) is 3. The highest BCUT2D eigenvalue weighted by Crippen LogP contribution is 2.24. The number of nitrogens with one attached hydrogen (secondary N) is 2. The van der Waals surface area contributed by atoms with Gasteiger partial charge in [-0.2, -0.15) is 0 Å². The van der Waals surface area contributed by atoms with E-state index in [1.54, 1.807) is 7.05 Å². The summed E-state index contributed by atoms with van der Waals surface area (Å²) >= 11 is 0. The second kappa shape index (κ2) is 7.74. The number of nitrogens with two attached hydrogens (primary N) is 1. The zero-order valence-corrected chi connectivity index (χ0v) is 12.0. The minimum absolute atomic E-state index is 0.0767. The lowest BCUT2D eigenvalue weighted by atomic mass is 9.83. The number of hydrogen-bond acceptors (Lipinski definition) is 3. The average molecular weight is 255 g/mol. The van der Waals surface area contributed by atoms with Crippen LogP contribution < -0.4 is 16.4 Å². The van der Waals surface area contributed by atoms with Crippen LogP contribution in [0.1, 0.15) is 46.0 Å². The molecule has 0 heterocycles. The lowest BCUT2D eigenvalue weighted by molar-refractivity contribution is -0.123. The topological polar surface area (TPSA) is 67.2 Å². The van der Waals surface area contributed by atoms with Crippen LogP contribution in [0.3, 0.4) is 0 Å². The summed E-state index contributed by atoms with van der Waals surface area (Å²) in [6.07, 6.45) is 5.74. The van der Waals surface area contributed by atoms with Crippen LogP contribution in [0.25, 0.3) is 0 Å². The zero-order valence-electron chi connectivity index (χ0n) is 12.0. The summed E-state index contributed by atoms with van der Waals surface area (Å²) in [6.45, 7) is 5.03. The molecule has 1 saturated carbocycles. The molecule has 18 heavy (non-hydrogen) atoms. The fourth-order valence-electron chi connectivity index (χ4n) is 2.86. The first-order valence-electron chi connectivity index (χ1n) is 7.26. The van der Waals surface area contributed by atoms with Crippen LogP contribution in [0.2, 0.25) is 0 Å². The average Bonchev–Trinajstić information content (AvgIpc) is 2.37. The van der Waals surface area contributed by atoms with Crippen LogP contribution in [0, 0.1) is 11.8 Å². The van der Waals surface area contributed by atoms with Gasteiger partial charge in [-0.3, -0.25) is 4.79 Å². The first-order valence-corrected chi connectivity index (χ1v) is 7.26. The zero-order chi connectivity index (χ0) is 13.5. The van der Waals surface area contributed by atoms with E-state index in [2.05, 4.69) is 24.5 Å². The molecule has 0 radical (unpaired) electrons. The van der Waals surface area contributed by atoms with Crippen LogP contribution in [-0.2, 0) is 4.79 Å². The molecule has 0 aromatic carbocycles. The molecule has 106 valence electrons. The van der Waals surface area contributed by atoms with Gasteiger partial charge in [0.2, 0.25) is 5.91 Å². The van der Waals surface area contributed by atoms with Gasteiger partial charge >= 0.3 is 0 Å². The fraction of sp³-hybridized carbons (Fsp3) is 0.929. The van der Waals surface area contributed by atoms with Crippen molar-refractivity contribution in [1.82, 2.24) is 10.6 Å². The van der Waals surface area contributed by atoms with Crippen molar-refractivity contribution in [2.45, 2.75) is 58.0 Å². The summed E-state index contributed by atoms with van der Waals surface area (Å²) in [7, 11) is 1.71. The molecule has 0 aromatic rings. The Hall–Kier alpha value is -0.610. The Morgan fingerprint density at radius 3 is 2.56 bits per heavy atom. The van der Waals surface area contributed by atoms with Crippen molar-refractivity contribution in [3.63, 3.8) is 0 Å². The van der Waals surface area contributed by atoms with Gasteiger partial charge in [-0.05, 0) is 37.6 Å². The van der Waals surface area contributed by atoms with Crippen LogP contribution >= 0.6 is 0 Å². The lowest BCUT2D eigenvalue weighted by Gasteiger charge is -2.34. The number of carbonyl (C=O) groups excluding carboxylic acids is 1. The molecular formula is C14H29N3O. The van der Waals surface area contributed by atoms with Gasteiger partial charge in [0, 0.05) is 13.1 Å². The molecule has 0 aliphatic heterocycles. The first-order chi connectivity index (χ1) is 8.58. The number of amides is 1. The Bertz CT molecular complexity index is 255. The molecule has 0 bridgehead atoms. The summed E-state index contributed by atoms with van der Waals surface area (Å²) in [4.78, 5) is 11.9. The third-order valence-electron chi connectivity index (χ3n) is 3.90. The van der Waals surface area contributed by atoms with E-state index < -0.39 is 0 Å². The number of likely N-dealkylation sites (N-methyl/N-ethyl adjacent to an activating group) is 1. The highest BCUT2D eigenvalue weighted by atomic mass is 16.2. The minimum atomic E-state index is -0.0767. The molecule has 1 aliphatic carbocycles. The van der Waals surface area contributed by atoms with Gasteiger partial charge in [-0.15, -0.1) is 0 Å². The molecule has 1 aliphatic rings. The fourth-order valence-corrected chi connectivity index (χ4v) is 2.86. The molecule has 0 saturated heterocycles. The van der Waals surface area contributed by atoms with Gasteiger partial charge in [0.1, 0.15) is 0 Å². The summed E-state index contributed by atoms with van der Waals surface area (Å²) in [5.74, 6) is 1.14. The molecule has 0 spiro atoms. The van der Waals surface area contributed by atoms with Gasteiger partial charge in [0.25, 0.3) is 0 Å². The van der Waals surface area contributed by atoms with E-state index in [1.165, 1.54) is 19.3 Å². The maximum absolute atomic E-state index is 11.9. The Morgan fingerprint density at radius 2 is 2.00 bits per heavy atom. The Labute approximate surface area is 111 Å². The maximum atomic E-state index is 11.9. The molecular weight excluding hydrogens is 226 g/mol. The lowest BCUT2D eigenvalue weighted by Crippen LogP contribution is -2.52. The van der Waals surface area contributed by atoms with Crippen molar-refractivity contribution in [3.8, 4) is 0 Å². The monoisotopic (exact) mass is 255 g/mol. The van der Waals surface area contributed by atoms with E-state index in [1.807, 2.05) is 0 Å². The van der Waals surface area contributed by atoms with Gasteiger partial charge in [0.05, 0.1) is 6.04 Å². The van der Waals surface area contributed by atoms with Gasteiger partial charge < -0.3 is 16.4 Å². The third-order valence-corrected chi connectivity index (χ3v) is 3.90. The van der Waals surface area contributed by atoms with Crippen LogP contribution in [0.15, 0.2) is 0 Å². The van der Waals surface area contributed by atoms with Crippen LogP contribution in [-0.4, -0.2) is 31.6 Å². The summed E-state index contributed by atoms with van der Waals surface area (Å²) in [5.41, 5.74) is 5.84. The van der Waals surface area contributed by atoms with Crippen LogP contribution in [0.4, 0.5) is 0 Å². The van der Waals surface area contributed by atoms with E-state index in [9.17, 15) is 4.79 Å². The summed E-state index contributed by atoms with van der Waals surface area (Å²) in [5, 5.41) is 6.31. The van der Waals surface area contributed by atoms with Crippen molar-refractivity contribution in [1.29, 1.82) is 0 Å².